The van der Waals surface area contributed by atoms with E-state index in [9.17, 15) is 14.7 Å². The van der Waals surface area contributed by atoms with Gasteiger partial charge < -0.3 is 19.4 Å². The molecule has 2 aromatic heterocycles. The number of aliphatic hydroxyl groups is 1. The molecule has 0 spiro atoms. The van der Waals surface area contributed by atoms with Crippen molar-refractivity contribution in [2.45, 2.75) is 31.9 Å². The molecule has 170 valence electrons. The molecular weight excluding hydrogens is 440 g/mol. The fourth-order valence-corrected chi connectivity index (χ4v) is 3.91. The SMILES string of the molecule is Cn1cc(C(=O)NCc2ccc(Cl)cc2)c(=O)c2cc(CCCC(O)c3ccccc3)oc21. The van der Waals surface area contributed by atoms with Crippen LogP contribution in [-0.4, -0.2) is 15.6 Å². The first kappa shape index (κ1) is 22.8. The summed E-state index contributed by atoms with van der Waals surface area (Å²) in [6, 6.07) is 18.3. The number of amides is 1. The summed E-state index contributed by atoms with van der Waals surface area (Å²) in [7, 11) is 1.74. The predicted molar refractivity (Wildman–Crippen MR) is 128 cm³/mol. The molecule has 1 unspecified atom stereocenters. The summed E-state index contributed by atoms with van der Waals surface area (Å²) in [5.74, 6) is 0.206. The fourth-order valence-electron chi connectivity index (χ4n) is 3.79. The third-order valence-electron chi connectivity index (χ3n) is 5.59. The van der Waals surface area contributed by atoms with Crippen LogP contribution >= 0.6 is 11.6 Å². The molecule has 0 aliphatic heterocycles. The van der Waals surface area contributed by atoms with Gasteiger partial charge in [0, 0.05) is 31.2 Å². The zero-order chi connectivity index (χ0) is 23.4. The lowest BCUT2D eigenvalue weighted by atomic mass is 10.0. The Hall–Kier alpha value is -3.35. The van der Waals surface area contributed by atoms with E-state index in [-0.39, 0.29) is 17.5 Å². The second-order valence-corrected chi connectivity index (χ2v) is 8.48. The number of nitrogens with zero attached hydrogens (tertiary/aromatic N) is 1. The number of carbonyl (C=O) groups excluding carboxylic acids is 1. The van der Waals surface area contributed by atoms with E-state index in [1.807, 2.05) is 42.5 Å². The molecule has 0 aliphatic carbocycles. The fraction of sp³-hybridized carbons (Fsp3) is 0.231. The third-order valence-corrected chi connectivity index (χ3v) is 5.84. The number of carbonyl (C=O) groups is 1. The van der Waals surface area contributed by atoms with E-state index in [1.54, 1.807) is 29.8 Å². The van der Waals surface area contributed by atoms with Gasteiger partial charge in [0.2, 0.25) is 11.1 Å². The lowest BCUT2D eigenvalue weighted by Gasteiger charge is -2.09. The van der Waals surface area contributed by atoms with Gasteiger partial charge >= 0.3 is 0 Å². The molecular formula is C26H25ClN2O4. The Morgan fingerprint density at radius 3 is 2.61 bits per heavy atom. The molecule has 0 radical (unpaired) electrons. The van der Waals surface area contributed by atoms with Crippen molar-refractivity contribution in [2.24, 2.45) is 7.05 Å². The van der Waals surface area contributed by atoms with Gasteiger partial charge in [0.25, 0.3) is 5.91 Å². The van der Waals surface area contributed by atoms with E-state index in [4.69, 9.17) is 16.0 Å². The molecule has 0 saturated carbocycles. The number of aryl methyl sites for hydroxylation is 2. The molecule has 0 bridgehead atoms. The molecule has 1 amide bonds. The first-order chi connectivity index (χ1) is 15.9. The highest BCUT2D eigenvalue weighted by molar-refractivity contribution is 6.30. The van der Waals surface area contributed by atoms with E-state index >= 15 is 0 Å². The van der Waals surface area contributed by atoms with Crippen LogP contribution in [0.5, 0.6) is 0 Å². The van der Waals surface area contributed by atoms with Crippen molar-refractivity contribution in [3.63, 3.8) is 0 Å². The first-order valence-electron chi connectivity index (χ1n) is 10.8. The van der Waals surface area contributed by atoms with Crippen molar-refractivity contribution in [2.75, 3.05) is 0 Å². The van der Waals surface area contributed by atoms with E-state index in [1.165, 1.54) is 6.20 Å². The molecule has 4 rings (SSSR count). The molecule has 6 nitrogen and oxygen atoms in total. The molecule has 2 heterocycles. The number of pyridine rings is 1. The van der Waals surface area contributed by atoms with Gasteiger partial charge in [-0.1, -0.05) is 54.1 Å². The number of furan rings is 1. The average molecular weight is 465 g/mol. The van der Waals surface area contributed by atoms with Crippen LogP contribution < -0.4 is 10.7 Å². The molecule has 4 aromatic rings. The molecule has 1 atom stereocenters. The number of benzene rings is 2. The monoisotopic (exact) mass is 464 g/mol. The molecule has 33 heavy (non-hydrogen) atoms. The summed E-state index contributed by atoms with van der Waals surface area (Å²) in [4.78, 5) is 25.6. The van der Waals surface area contributed by atoms with Crippen molar-refractivity contribution in [1.29, 1.82) is 0 Å². The normalized spacial score (nSPS) is 12.1. The summed E-state index contributed by atoms with van der Waals surface area (Å²) in [5, 5.41) is 14.1. The second-order valence-electron chi connectivity index (χ2n) is 8.04. The van der Waals surface area contributed by atoms with Crippen molar-refractivity contribution in [3.05, 3.63) is 105 Å². The molecule has 2 aromatic carbocycles. The van der Waals surface area contributed by atoms with Gasteiger partial charge in [0.1, 0.15) is 11.3 Å². The van der Waals surface area contributed by atoms with Gasteiger partial charge in [-0.3, -0.25) is 9.59 Å². The highest BCUT2D eigenvalue weighted by Crippen LogP contribution is 2.22. The van der Waals surface area contributed by atoms with Gasteiger partial charge in [-0.15, -0.1) is 0 Å². The maximum Gasteiger partial charge on any atom is 0.257 e. The van der Waals surface area contributed by atoms with Crippen LogP contribution in [0.1, 0.15) is 46.2 Å². The zero-order valence-electron chi connectivity index (χ0n) is 18.3. The van der Waals surface area contributed by atoms with Crippen molar-refractivity contribution in [1.82, 2.24) is 9.88 Å². The van der Waals surface area contributed by atoms with Crippen molar-refractivity contribution < 1.29 is 14.3 Å². The molecule has 7 heteroatoms. The van der Waals surface area contributed by atoms with Crippen LogP contribution in [0.25, 0.3) is 11.1 Å². The van der Waals surface area contributed by atoms with Gasteiger partial charge in [0.15, 0.2) is 0 Å². The number of aliphatic hydroxyl groups excluding tert-OH is 1. The lowest BCUT2D eigenvalue weighted by molar-refractivity contribution is 0.0949. The van der Waals surface area contributed by atoms with E-state index in [0.717, 1.165) is 11.1 Å². The zero-order valence-corrected chi connectivity index (χ0v) is 19.0. The van der Waals surface area contributed by atoms with Crippen molar-refractivity contribution >= 4 is 28.6 Å². The number of hydrogen-bond acceptors (Lipinski definition) is 4. The van der Waals surface area contributed by atoms with Crippen LogP contribution in [0, 0.1) is 0 Å². The first-order valence-corrected chi connectivity index (χ1v) is 11.2. The Morgan fingerprint density at radius 1 is 1.15 bits per heavy atom. The number of hydrogen-bond donors (Lipinski definition) is 2. The molecule has 0 aliphatic rings. The van der Waals surface area contributed by atoms with Gasteiger partial charge in [-0.05, 0) is 42.2 Å². The quantitative estimate of drug-likeness (QED) is 0.393. The second kappa shape index (κ2) is 10.1. The summed E-state index contributed by atoms with van der Waals surface area (Å²) >= 11 is 5.89. The maximum absolute atomic E-state index is 13.0. The topological polar surface area (TPSA) is 84.5 Å². The standard InChI is InChI=1S/C26H25ClN2O4/c1-29-16-22(25(32)28-15-17-10-12-19(27)13-11-17)24(31)21-14-20(33-26(21)29)8-5-9-23(30)18-6-3-2-4-7-18/h2-4,6-7,10-14,16,23,30H,5,8-9,15H2,1H3,(H,28,32). The van der Waals surface area contributed by atoms with Gasteiger partial charge in [-0.2, -0.15) is 0 Å². The average Bonchev–Trinajstić information content (AvgIpc) is 3.26. The smallest absolute Gasteiger partial charge is 0.257 e. The van der Waals surface area contributed by atoms with Crippen LogP contribution in [0.4, 0.5) is 0 Å². The maximum atomic E-state index is 13.0. The van der Waals surface area contributed by atoms with E-state index in [2.05, 4.69) is 5.32 Å². The highest BCUT2D eigenvalue weighted by atomic mass is 35.5. The van der Waals surface area contributed by atoms with Crippen LogP contribution in [-0.2, 0) is 20.0 Å². The summed E-state index contributed by atoms with van der Waals surface area (Å²) in [6.07, 6.45) is 2.81. The van der Waals surface area contributed by atoms with Crippen LogP contribution in [0.15, 0.2) is 76.1 Å². The Kier molecular flexibility index (Phi) is 6.96. The van der Waals surface area contributed by atoms with Gasteiger partial charge in [0.05, 0.1) is 11.5 Å². The van der Waals surface area contributed by atoms with Crippen LogP contribution in [0.2, 0.25) is 5.02 Å². The third kappa shape index (κ3) is 5.35. The predicted octanol–water partition coefficient (Wildman–Crippen LogP) is 4.77. The van der Waals surface area contributed by atoms with E-state index < -0.39 is 12.0 Å². The largest absolute Gasteiger partial charge is 0.444 e. The number of rotatable bonds is 8. The van der Waals surface area contributed by atoms with Crippen molar-refractivity contribution in [3.8, 4) is 0 Å². The number of fused-ring (bicyclic) bond motifs is 1. The summed E-state index contributed by atoms with van der Waals surface area (Å²) < 4.78 is 7.53. The number of nitrogens with one attached hydrogen (secondary N) is 1. The minimum Gasteiger partial charge on any atom is -0.444 e. The molecule has 2 N–H and O–H groups in total. The summed E-state index contributed by atoms with van der Waals surface area (Å²) in [5.41, 5.74) is 1.88. The number of aromatic nitrogens is 1. The van der Waals surface area contributed by atoms with Gasteiger partial charge in [-0.25, -0.2) is 0 Å². The minimum absolute atomic E-state index is 0.0609. The highest BCUT2D eigenvalue weighted by Gasteiger charge is 2.18. The summed E-state index contributed by atoms with van der Waals surface area (Å²) in [6.45, 7) is 0.289. The Bertz CT molecular complexity index is 1310. The minimum atomic E-state index is -0.544. The number of halogens is 1. The Labute approximate surface area is 196 Å². The lowest BCUT2D eigenvalue weighted by Crippen LogP contribution is -2.29. The Balaban J connectivity index is 1.44. The molecule has 0 fully saturated rings. The van der Waals surface area contributed by atoms with E-state index in [0.29, 0.717) is 41.1 Å². The Morgan fingerprint density at radius 2 is 1.88 bits per heavy atom. The molecule has 0 saturated heterocycles. The van der Waals surface area contributed by atoms with Crippen LogP contribution in [0.3, 0.4) is 0 Å².